The number of alkyl halides is 1. The van der Waals surface area contributed by atoms with Crippen LogP contribution in [0.15, 0.2) is 4.47 Å². The van der Waals surface area contributed by atoms with Gasteiger partial charge in [-0.2, -0.15) is 5.10 Å². The van der Waals surface area contributed by atoms with Crippen molar-refractivity contribution in [3.63, 3.8) is 0 Å². The molecule has 1 aromatic rings. The molecule has 3 nitrogen and oxygen atoms in total. The summed E-state index contributed by atoms with van der Waals surface area (Å²) in [5.74, 6) is 0. The van der Waals surface area contributed by atoms with Gasteiger partial charge in [-0.3, -0.25) is 4.68 Å². The molecule has 5 heteroatoms. The van der Waals surface area contributed by atoms with Crippen molar-refractivity contribution in [1.82, 2.24) is 9.78 Å². The summed E-state index contributed by atoms with van der Waals surface area (Å²) < 4.78 is 17.2. The van der Waals surface area contributed by atoms with Gasteiger partial charge < -0.3 is 5.73 Å². The Morgan fingerprint density at radius 2 is 2.06 bits per heavy atom. The number of rotatable bonds is 6. The third-order valence-corrected chi connectivity index (χ3v) is 4.09. The van der Waals surface area contributed by atoms with Gasteiger partial charge in [0.15, 0.2) is 0 Å². The Labute approximate surface area is 111 Å². The molecular weight excluding hydrogens is 285 g/mol. The molecule has 1 rings (SSSR count). The van der Waals surface area contributed by atoms with E-state index in [0.29, 0.717) is 12.8 Å². The maximum absolute atomic E-state index is 14.4. The van der Waals surface area contributed by atoms with Crippen LogP contribution in [0.2, 0.25) is 0 Å². The summed E-state index contributed by atoms with van der Waals surface area (Å²) in [4.78, 5) is 0. The summed E-state index contributed by atoms with van der Waals surface area (Å²) in [6, 6.07) is 0. The molecule has 0 amide bonds. The van der Waals surface area contributed by atoms with Crippen LogP contribution in [0.4, 0.5) is 4.39 Å². The fraction of sp³-hybridized carbons (Fsp3) is 0.750. The van der Waals surface area contributed by atoms with E-state index in [1.807, 2.05) is 25.5 Å². The summed E-state index contributed by atoms with van der Waals surface area (Å²) >= 11 is 3.52. The van der Waals surface area contributed by atoms with Crippen LogP contribution in [0.1, 0.15) is 38.6 Å². The van der Waals surface area contributed by atoms with Gasteiger partial charge in [-0.15, -0.1) is 0 Å². The van der Waals surface area contributed by atoms with Crippen LogP contribution >= 0.6 is 15.9 Å². The first kappa shape index (κ1) is 14.6. The average molecular weight is 306 g/mol. The number of nitrogens with zero attached hydrogens (tertiary/aromatic N) is 2. The third-order valence-electron chi connectivity index (χ3n) is 3.18. The van der Waals surface area contributed by atoms with E-state index in [2.05, 4.69) is 21.0 Å². The van der Waals surface area contributed by atoms with E-state index in [1.165, 1.54) is 0 Å². The molecule has 0 saturated carbocycles. The molecule has 17 heavy (non-hydrogen) atoms. The van der Waals surface area contributed by atoms with E-state index in [0.717, 1.165) is 28.8 Å². The quantitative estimate of drug-likeness (QED) is 0.878. The Hall–Kier alpha value is -0.420. The second kappa shape index (κ2) is 5.96. The molecule has 0 aliphatic rings. The first-order chi connectivity index (χ1) is 8.01. The summed E-state index contributed by atoms with van der Waals surface area (Å²) in [5, 5.41) is 4.46. The minimum absolute atomic E-state index is 0.0479. The standard InChI is InChI=1S/C12H21BrFN3/c1-4-9-11(13)10(17(6-3)16-9)7-12(14,5-2)8-15/h4-8,15H2,1-3H3. The van der Waals surface area contributed by atoms with Crippen molar-refractivity contribution in [2.45, 2.75) is 52.2 Å². The van der Waals surface area contributed by atoms with Crippen LogP contribution in [0.5, 0.6) is 0 Å². The lowest BCUT2D eigenvalue weighted by atomic mass is 9.96. The molecule has 1 unspecified atom stereocenters. The van der Waals surface area contributed by atoms with Gasteiger partial charge in [0.1, 0.15) is 5.67 Å². The molecule has 0 spiro atoms. The topological polar surface area (TPSA) is 43.8 Å². The summed E-state index contributed by atoms with van der Waals surface area (Å²) in [7, 11) is 0. The molecule has 0 fully saturated rings. The molecular formula is C12H21BrFN3. The SMILES string of the molecule is CCc1nn(CC)c(CC(F)(CC)CN)c1Br. The van der Waals surface area contributed by atoms with Crippen LogP contribution in [0.25, 0.3) is 0 Å². The van der Waals surface area contributed by atoms with E-state index >= 15 is 0 Å². The van der Waals surface area contributed by atoms with Crippen LogP contribution in [-0.2, 0) is 19.4 Å². The van der Waals surface area contributed by atoms with Crippen molar-refractivity contribution in [2.75, 3.05) is 6.54 Å². The lowest BCUT2D eigenvalue weighted by molar-refractivity contribution is 0.163. The van der Waals surface area contributed by atoms with Crippen LogP contribution < -0.4 is 5.73 Å². The van der Waals surface area contributed by atoms with E-state index in [9.17, 15) is 4.39 Å². The molecule has 98 valence electrons. The molecule has 0 aromatic carbocycles. The van der Waals surface area contributed by atoms with Crippen molar-refractivity contribution >= 4 is 15.9 Å². The fourth-order valence-corrected chi connectivity index (χ4v) is 2.53. The van der Waals surface area contributed by atoms with Crippen LogP contribution in [-0.4, -0.2) is 22.0 Å². The summed E-state index contributed by atoms with van der Waals surface area (Å²) in [6.07, 6.45) is 1.59. The maximum atomic E-state index is 14.4. The molecule has 0 aliphatic heterocycles. The number of aryl methyl sites for hydroxylation is 2. The van der Waals surface area contributed by atoms with Gasteiger partial charge in [0, 0.05) is 19.5 Å². The predicted molar refractivity (Wildman–Crippen MR) is 71.9 cm³/mol. The Kier molecular flexibility index (Phi) is 5.13. The van der Waals surface area contributed by atoms with Gasteiger partial charge in [-0.1, -0.05) is 13.8 Å². The second-order valence-corrected chi connectivity index (χ2v) is 5.06. The van der Waals surface area contributed by atoms with Gasteiger partial charge in [-0.25, -0.2) is 4.39 Å². The zero-order chi connectivity index (χ0) is 13.1. The molecule has 0 bridgehead atoms. The first-order valence-corrected chi connectivity index (χ1v) is 6.93. The van der Waals surface area contributed by atoms with Crippen molar-refractivity contribution in [1.29, 1.82) is 0 Å². The maximum Gasteiger partial charge on any atom is 0.128 e. The highest BCUT2D eigenvalue weighted by molar-refractivity contribution is 9.10. The predicted octanol–water partition coefficient (Wildman–Crippen LogP) is 2.85. The van der Waals surface area contributed by atoms with Crippen LogP contribution in [0, 0.1) is 0 Å². The number of hydrogen-bond acceptors (Lipinski definition) is 2. The largest absolute Gasteiger partial charge is 0.328 e. The first-order valence-electron chi connectivity index (χ1n) is 6.14. The highest BCUT2D eigenvalue weighted by Gasteiger charge is 2.29. The highest BCUT2D eigenvalue weighted by Crippen LogP contribution is 2.28. The van der Waals surface area contributed by atoms with Gasteiger partial charge in [0.25, 0.3) is 0 Å². The van der Waals surface area contributed by atoms with E-state index in [4.69, 9.17) is 5.73 Å². The lowest BCUT2D eigenvalue weighted by Gasteiger charge is -2.22. The van der Waals surface area contributed by atoms with Crippen molar-refractivity contribution in [2.24, 2.45) is 5.73 Å². The minimum atomic E-state index is -1.33. The molecule has 2 N–H and O–H groups in total. The Morgan fingerprint density at radius 1 is 1.41 bits per heavy atom. The van der Waals surface area contributed by atoms with Crippen LogP contribution in [0.3, 0.4) is 0 Å². The van der Waals surface area contributed by atoms with Crippen molar-refractivity contribution in [3.8, 4) is 0 Å². The second-order valence-electron chi connectivity index (χ2n) is 4.26. The zero-order valence-electron chi connectivity index (χ0n) is 10.8. The summed E-state index contributed by atoms with van der Waals surface area (Å²) in [6.45, 7) is 6.68. The van der Waals surface area contributed by atoms with E-state index < -0.39 is 5.67 Å². The smallest absolute Gasteiger partial charge is 0.128 e. The van der Waals surface area contributed by atoms with E-state index in [-0.39, 0.29) is 6.54 Å². The number of halogens is 2. The van der Waals surface area contributed by atoms with E-state index in [1.54, 1.807) is 0 Å². The number of nitrogens with two attached hydrogens (primary N) is 1. The highest BCUT2D eigenvalue weighted by atomic mass is 79.9. The fourth-order valence-electron chi connectivity index (χ4n) is 1.83. The summed E-state index contributed by atoms with van der Waals surface area (Å²) in [5.41, 5.74) is 6.09. The average Bonchev–Trinajstić information content (AvgIpc) is 2.66. The molecule has 0 aliphatic carbocycles. The minimum Gasteiger partial charge on any atom is -0.328 e. The van der Waals surface area contributed by atoms with Crippen molar-refractivity contribution in [3.05, 3.63) is 15.9 Å². The Morgan fingerprint density at radius 3 is 2.47 bits per heavy atom. The van der Waals surface area contributed by atoms with Gasteiger partial charge in [0.2, 0.25) is 0 Å². The molecule has 1 aromatic heterocycles. The third kappa shape index (κ3) is 3.07. The lowest BCUT2D eigenvalue weighted by Crippen LogP contribution is -2.35. The molecule has 1 atom stereocenters. The normalized spacial score (nSPS) is 14.9. The monoisotopic (exact) mass is 305 g/mol. The van der Waals surface area contributed by atoms with Gasteiger partial charge >= 0.3 is 0 Å². The Bertz CT molecular complexity index is 372. The van der Waals surface area contributed by atoms with Gasteiger partial charge in [0.05, 0.1) is 15.9 Å². The zero-order valence-corrected chi connectivity index (χ0v) is 12.3. The molecule has 1 heterocycles. The van der Waals surface area contributed by atoms with Gasteiger partial charge in [-0.05, 0) is 35.7 Å². The molecule has 0 radical (unpaired) electrons. The number of hydrogen-bond donors (Lipinski definition) is 1. The number of aromatic nitrogens is 2. The Balaban J connectivity index is 3.08. The van der Waals surface area contributed by atoms with Crippen molar-refractivity contribution < 1.29 is 4.39 Å². The molecule has 0 saturated heterocycles.